The van der Waals surface area contributed by atoms with Crippen LogP contribution in [0, 0.1) is 5.82 Å². The van der Waals surface area contributed by atoms with Gasteiger partial charge in [-0.15, -0.1) is 0 Å². The SMILES string of the molecule is CCOc1cc(F)ccc1NC(=O)NCc1ccc(N2CCCC2)nc1. The Bertz CT molecular complexity index is 746. The highest BCUT2D eigenvalue weighted by Crippen LogP contribution is 2.25. The summed E-state index contributed by atoms with van der Waals surface area (Å²) >= 11 is 0. The van der Waals surface area contributed by atoms with E-state index >= 15 is 0 Å². The zero-order valence-corrected chi connectivity index (χ0v) is 14.8. The summed E-state index contributed by atoms with van der Waals surface area (Å²) in [5.41, 5.74) is 1.33. The van der Waals surface area contributed by atoms with Crippen molar-refractivity contribution in [3.63, 3.8) is 0 Å². The Morgan fingerprint density at radius 3 is 2.77 bits per heavy atom. The zero-order chi connectivity index (χ0) is 18.4. The second-order valence-corrected chi connectivity index (χ2v) is 6.10. The molecular formula is C19H23FN4O2. The van der Waals surface area contributed by atoms with E-state index in [-0.39, 0.29) is 6.03 Å². The molecule has 0 unspecified atom stereocenters. The maximum Gasteiger partial charge on any atom is 0.319 e. The number of carbonyl (C=O) groups is 1. The highest BCUT2D eigenvalue weighted by Gasteiger charge is 2.13. The maximum atomic E-state index is 13.3. The summed E-state index contributed by atoms with van der Waals surface area (Å²) in [6.45, 7) is 4.63. The highest BCUT2D eigenvalue weighted by molar-refractivity contribution is 5.90. The van der Waals surface area contributed by atoms with Gasteiger partial charge < -0.3 is 20.3 Å². The molecule has 138 valence electrons. The van der Waals surface area contributed by atoms with Gasteiger partial charge in [0, 0.05) is 31.9 Å². The van der Waals surface area contributed by atoms with E-state index in [1.54, 1.807) is 13.1 Å². The molecule has 0 aliphatic carbocycles. The molecule has 1 saturated heterocycles. The fourth-order valence-corrected chi connectivity index (χ4v) is 2.88. The number of benzene rings is 1. The molecule has 0 spiro atoms. The smallest absolute Gasteiger partial charge is 0.319 e. The lowest BCUT2D eigenvalue weighted by Crippen LogP contribution is -2.28. The number of pyridine rings is 1. The largest absolute Gasteiger partial charge is 0.492 e. The molecule has 0 bridgehead atoms. The van der Waals surface area contributed by atoms with Crippen LogP contribution in [-0.4, -0.2) is 30.7 Å². The van der Waals surface area contributed by atoms with Crippen LogP contribution in [0.5, 0.6) is 5.75 Å². The molecule has 0 saturated carbocycles. The number of nitrogens with zero attached hydrogens (tertiary/aromatic N) is 2. The summed E-state index contributed by atoms with van der Waals surface area (Å²) in [7, 11) is 0. The Morgan fingerprint density at radius 2 is 2.08 bits per heavy atom. The highest BCUT2D eigenvalue weighted by atomic mass is 19.1. The van der Waals surface area contributed by atoms with Gasteiger partial charge in [-0.05, 0) is 43.5 Å². The van der Waals surface area contributed by atoms with Crippen molar-refractivity contribution in [2.45, 2.75) is 26.3 Å². The lowest BCUT2D eigenvalue weighted by atomic mass is 10.2. The molecule has 1 aromatic heterocycles. The fraction of sp³-hybridized carbons (Fsp3) is 0.368. The van der Waals surface area contributed by atoms with Gasteiger partial charge in [0.05, 0.1) is 12.3 Å². The predicted octanol–water partition coefficient (Wildman–Crippen LogP) is 3.54. The summed E-state index contributed by atoms with van der Waals surface area (Å²) in [5, 5.41) is 5.45. The third kappa shape index (κ3) is 4.62. The molecule has 0 radical (unpaired) electrons. The third-order valence-corrected chi connectivity index (χ3v) is 4.18. The number of aromatic nitrogens is 1. The second-order valence-electron chi connectivity index (χ2n) is 6.10. The topological polar surface area (TPSA) is 66.5 Å². The number of rotatable bonds is 6. The molecule has 2 amide bonds. The number of anilines is 2. The van der Waals surface area contributed by atoms with Crippen LogP contribution < -0.4 is 20.3 Å². The van der Waals surface area contributed by atoms with Gasteiger partial charge in [-0.1, -0.05) is 6.07 Å². The van der Waals surface area contributed by atoms with Crippen LogP contribution >= 0.6 is 0 Å². The van der Waals surface area contributed by atoms with Crippen molar-refractivity contribution >= 4 is 17.5 Å². The Morgan fingerprint density at radius 1 is 1.27 bits per heavy atom. The Labute approximate surface area is 152 Å². The van der Waals surface area contributed by atoms with Gasteiger partial charge >= 0.3 is 6.03 Å². The molecule has 3 rings (SSSR count). The quantitative estimate of drug-likeness (QED) is 0.829. The van der Waals surface area contributed by atoms with Gasteiger partial charge in [-0.3, -0.25) is 0 Å². The van der Waals surface area contributed by atoms with Crippen molar-refractivity contribution in [1.29, 1.82) is 0 Å². The molecule has 26 heavy (non-hydrogen) atoms. The van der Waals surface area contributed by atoms with Crippen LogP contribution in [0.3, 0.4) is 0 Å². The number of hydrogen-bond acceptors (Lipinski definition) is 4. The lowest BCUT2D eigenvalue weighted by Gasteiger charge is -2.16. The van der Waals surface area contributed by atoms with E-state index in [1.165, 1.54) is 31.0 Å². The number of amides is 2. The first-order chi connectivity index (χ1) is 12.7. The van der Waals surface area contributed by atoms with E-state index in [0.717, 1.165) is 24.5 Å². The molecule has 2 aromatic rings. The molecule has 1 aliphatic rings. The third-order valence-electron chi connectivity index (χ3n) is 4.18. The molecule has 1 fully saturated rings. The van der Waals surface area contributed by atoms with Crippen molar-refractivity contribution in [3.8, 4) is 5.75 Å². The van der Waals surface area contributed by atoms with E-state index in [2.05, 4.69) is 20.5 Å². The molecule has 1 aromatic carbocycles. The monoisotopic (exact) mass is 358 g/mol. The first kappa shape index (κ1) is 18.0. The Hall–Kier alpha value is -2.83. The van der Waals surface area contributed by atoms with Gasteiger partial charge in [0.1, 0.15) is 17.4 Å². The summed E-state index contributed by atoms with van der Waals surface area (Å²) in [5.74, 6) is 0.867. The number of urea groups is 1. The molecule has 6 nitrogen and oxygen atoms in total. The van der Waals surface area contributed by atoms with Crippen molar-refractivity contribution in [1.82, 2.24) is 10.3 Å². The predicted molar refractivity (Wildman–Crippen MR) is 99.1 cm³/mol. The zero-order valence-electron chi connectivity index (χ0n) is 14.8. The van der Waals surface area contributed by atoms with Gasteiger partial charge in [0.15, 0.2) is 0 Å². The van der Waals surface area contributed by atoms with Crippen LogP contribution in [0.2, 0.25) is 0 Å². The molecule has 7 heteroatoms. The van der Waals surface area contributed by atoms with Gasteiger partial charge in [-0.25, -0.2) is 14.2 Å². The van der Waals surface area contributed by atoms with Crippen molar-refractivity contribution in [2.24, 2.45) is 0 Å². The summed E-state index contributed by atoms with van der Waals surface area (Å²) < 4.78 is 18.6. The van der Waals surface area contributed by atoms with E-state index in [9.17, 15) is 9.18 Å². The van der Waals surface area contributed by atoms with Gasteiger partial charge in [0.2, 0.25) is 0 Å². The van der Waals surface area contributed by atoms with Crippen molar-refractivity contribution in [2.75, 3.05) is 29.9 Å². The van der Waals surface area contributed by atoms with Crippen molar-refractivity contribution in [3.05, 3.63) is 47.9 Å². The minimum Gasteiger partial charge on any atom is -0.492 e. The van der Waals surface area contributed by atoms with Crippen LogP contribution in [0.25, 0.3) is 0 Å². The van der Waals surface area contributed by atoms with Gasteiger partial charge in [-0.2, -0.15) is 0 Å². The maximum absolute atomic E-state index is 13.3. The number of carbonyl (C=O) groups excluding carboxylic acids is 1. The van der Waals surface area contributed by atoms with E-state index < -0.39 is 5.82 Å². The number of halogens is 1. The normalized spacial score (nSPS) is 13.5. The van der Waals surface area contributed by atoms with Crippen molar-refractivity contribution < 1.29 is 13.9 Å². The van der Waals surface area contributed by atoms with E-state index in [1.807, 2.05) is 12.1 Å². The molecule has 2 N–H and O–H groups in total. The van der Waals surface area contributed by atoms with E-state index in [0.29, 0.717) is 24.6 Å². The number of ether oxygens (including phenoxy) is 1. The summed E-state index contributed by atoms with van der Waals surface area (Å²) in [6, 6.07) is 7.56. The van der Waals surface area contributed by atoms with Crippen LogP contribution in [0.15, 0.2) is 36.5 Å². The first-order valence-electron chi connectivity index (χ1n) is 8.83. The lowest BCUT2D eigenvalue weighted by molar-refractivity contribution is 0.251. The first-order valence-corrected chi connectivity index (χ1v) is 8.83. The molecular weight excluding hydrogens is 335 g/mol. The average Bonchev–Trinajstić information content (AvgIpc) is 3.18. The van der Waals surface area contributed by atoms with Crippen LogP contribution in [0.1, 0.15) is 25.3 Å². The average molecular weight is 358 g/mol. The minimum atomic E-state index is -0.413. The van der Waals surface area contributed by atoms with E-state index in [4.69, 9.17) is 4.74 Å². The minimum absolute atomic E-state index is 0.305. The number of nitrogens with one attached hydrogen (secondary N) is 2. The molecule has 1 aliphatic heterocycles. The summed E-state index contributed by atoms with van der Waals surface area (Å²) in [4.78, 5) is 18.8. The van der Waals surface area contributed by atoms with Gasteiger partial charge in [0.25, 0.3) is 0 Å². The van der Waals surface area contributed by atoms with Crippen LogP contribution in [0.4, 0.5) is 20.7 Å². The second kappa shape index (κ2) is 8.51. The fourth-order valence-electron chi connectivity index (χ4n) is 2.88. The molecule has 0 atom stereocenters. The summed E-state index contributed by atoms with van der Waals surface area (Å²) in [6.07, 6.45) is 4.19. The standard InChI is InChI=1S/C19H23FN4O2/c1-2-26-17-11-15(20)6-7-16(17)23-19(25)22-13-14-5-8-18(21-12-14)24-9-3-4-10-24/h5-8,11-12H,2-4,9-10,13H2,1H3,(H2,22,23,25). The Balaban J connectivity index is 1.54. The molecule has 2 heterocycles. The Kier molecular flexibility index (Phi) is 5.88. The van der Waals surface area contributed by atoms with Crippen LogP contribution in [-0.2, 0) is 6.54 Å². The number of hydrogen-bond donors (Lipinski definition) is 2.